The summed E-state index contributed by atoms with van der Waals surface area (Å²) in [5.41, 5.74) is 0.870. The fraction of sp³-hybridized carbons (Fsp3) is 0.118. The van der Waals surface area contributed by atoms with Gasteiger partial charge in [0.05, 0.1) is 21.6 Å². The van der Waals surface area contributed by atoms with E-state index >= 15 is 0 Å². The monoisotopic (exact) mass is 343 g/mol. The third-order valence-electron chi connectivity index (χ3n) is 3.56. The molecule has 2 aromatic carbocycles. The zero-order chi connectivity index (χ0) is 17.1. The number of amides is 1. The van der Waals surface area contributed by atoms with Crippen LogP contribution in [-0.4, -0.2) is 27.3 Å². The molecular formula is C17H14ClN3O3. The molecule has 0 aliphatic heterocycles. The van der Waals surface area contributed by atoms with Gasteiger partial charge in [0.15, 0.2) is 0 Å². The number of para-hydroxylation sites is 1. The molecule has 0 fully saturated rings. The lowest BCUT2D eigenvalue weighted by Gasteiger charge is -2.14. The first-order valence-electron chi connectivity index (χ1n) is 7.30. The molecule has 24 heavy (non-hydrogen) atoms. The first-order chi connectivity index (χ1) is 11.6. The Morgan fingerprint density at radius 3 is 2.62 bits per heavy atom. The normalized spacial score (nSPS) is 10.7. The summed E-state index contributed by atoms with van der Waals surface area (Å²) in [6.07, 6.45) is -0.841. The number of nitrogens with one attached hydrogen (secondary N) is 1. The molecular weight excluding hydrogens is 330 g/mol. The third-order valence-corrected chi connectivity index (χ3v) is 3.87. The number of rotatable bonds is 4. The van der Waals surface area contributed by atoms with Gasteiger partial charge in [-0.15, -0.1) is 0 Å². The minimum Gasteiger partial charge on any atom is -0.465 e. The number of halogens is 1. The maximum atomic E-state index is 13.0. The molecule has 0 unspecified atom stereocenters. The Balaban J connectivity index is 2.21. The van der Waals surface area contributed by atoms with Crippen molar-refractivity contribution in [2.75, 3.05) is 6.54 Å². The van der Waals surface area contributed by atoms with E-state index in [0.717, 1.165) is 0 Å². The van der Waals surface area contributed by atoms with Crippen LogP contribution in [0.3, 0.4) is 0 Å². The number of carbonyl (C=O) groups is 1. The highest BCUT2D eigenvalue weighted by Gasteiger charge is 2.14. The summed E-state index contributed by atoms with van der Waals surface area (Å²) in [5, 5.41) is 11.7. The zero-order valence-corrected chi connectivity index (χ0v) is 13.3. The lowest BCUT2D eigenvalue weighted by atomic mass is 10.2. The van der Waals surface area contributed by atoms with Crippen molar-refractivity contribution in [3.8, 4) is 5.69 Å². The zero-order valence-electron chi connectivity index (χ0n) is 12.6. The molecule has 6 nitrogen and oxygen atoms in total. The first-order valence-corrected chi connectivity index (χ1v) is 7.68. The van der Waals surface area contributed by atoms with Gasteiger partial charge >= 0.3 is 6.09 Å². The van der Waals surface area contributed by atoms with Gasteiger partial charge < -0.3 is 10.4 Å². The SMILES string of the molecule is O=C(O)NCCc1nc2cccc(Cl)c2c(=O)n1-c1ccccc1. The number of aromatic nitrogens is 2. The average molecular weight is 344 g/mol. The molecule has 0 aliphatic carbocycles. The van der Waals surface area contributed by atoms with Gasteiger partial charge in [-0.1, -0.05) is 35.9 Å². The summed E-state index contributed by atoms with van der Waals surface area (Å²) in [6.45, 7) is 0.153. The topological polar surface area (TPSA) is 84.2 Å². The third kappa shape index (κ3) is 3.09. The fourth-order valence-corrected chi connectivity index (χ4v) is 2.78. The number of nitrogens with zero attached hydrogens (tertiary/aromatic N) is 2. The van der Waals surface area contributed by atoms with Crippen LogP contribution in [0.1, 0.15) is 5.82 Å². The summed E-state index contributed by atoms with van der Waals surface area (Å²) in [7, 11) is 0. The van der Waals surface area contributed by atoms with Crippen molar-refractivity contribution < 1.29 is 9.90 Å². The average Bonchev–Trinajstić information content (AvgIpc) is 2.55. The minimum absolute atomic E-state index is 0.153. The van der Waals surface area contributed by atoms with Gasteiger partial charge in [-0.2, -0.15) is 0 Å². The molecule has 7 heteroatoms. The van der Waals surface area contributed by atoms with Crippen molar-refractivity contribution in [3.63, 3.8) is 0 Å². The molecule has 0 saturated heterocycles. The van der Waals surface area contributed by atoms with Crippen LogP contribution >= 0.6 is 11.6 Å². The van der Waals surface area contributed by atoms with Crippen molar-refractivity contribution in [1.82, 2.24) is 14.9 Å². The van der Waals surface area contributed by atoms with E-state index in [9.17, 15) is 9.59 Å². The van der Waals surface area contributed by atoms with E-state index in [-0.39, 0.29) is 18.5 Å². The minimum atomic E-state index is -1.12. The molecule has 0 atom stereocenters. The van der Waals surface area contributed by atoms with Gasteiger partial charge in [-0.05, 0) is 24.3 Å². The Kier molecular flexibility index (Phi) is 4.48. The predicted molar refractivity (Wildman–Crippen MR) is 92.1 cm³/mol. The van der Waals surface area contributed by atoms with Gasteiger partial charge in [0, 0.05) is 13.0 Å². The molecule has 0 aliphatic rings. The highest BCUT2D eigenvalue weighted by Crippen LogP contribution is 2.20. The maximum Gasteiger partial charge on any atom is 0.404 e. The molecule has 0 saturated carbocycles. The van der Waals surface area contributed by atoms with Gasteiger partial charge in [-0.25, -0.2) is 9.78 Å². The van der Waals surface area contributed by atoms with Crippen LogP contribution in [0.4, 0.5) is 4.79 Å². The highest BCUT2D eigenvalue weighted by molar-refractivity contribution is 6.35. The second-order valence-electron chi connectivity index (χ2n) is 5.12. The molecule has 122 valence electrons. The number of fused-ring (bicyclic) bond motifs is 1. The van der Waals surface area contributed by atoms with E-state index in [4.69, 9.17) is 16.7 Å². The Morgan fingerprint density at radius 2 is 1.92 bits per heavy atom. The van der Waals surface area contributed by atoms with Crippen molar-refractivity contribution in [2.24, 2.45) is 0 Å². The Bertz CT molecular complexity index is 954. The van der Waals surface area contributed by atoms with Gasteiger partial charge in [0.25, 0.3) is 5.56 Å². The van der Waals surface area contributed by atoms with Gasteiger partial charge in [0.2, 0.25) is 0 Å². The maximum absolute atomic E-state index is 13.0. The summed E-state index contributed by atoms with van der Waals surface area (Å²) in [5.74, 6) is 0.467. The van der Waals surface area contributed by atoms with Crippen molar-refractivity contribution in [2.45, 2.75) is 6.42 Å². The molecule has 0 spiro atoms. The van der Waals surface area contributed by atoms with E-state index in [0.29, 0.717) is 27.4 Å². The highest BCUT2D eigenvalue weighted by atomic mass is 35.5. The Hall–Kier alpha value is -2.86. The molecule has 1 heterocycles. The molecule has 2 N–H and O–H groups in total. The molecule has 1 aromatic heterocycles. The molecule has 3 rings (SSSR count). The number of hydrogen-bond acceptors (Lipinski definition) is 3. The van der Waals surface area contributed by atoms with E-state index < -0.39 is 6.09 Å². The van der Waals surface area contributed by atoms with Crippen molar-refractivity contribution in [1.29, 1.82) is 0 Å². The molecule has 0 bridgehead atoms. The number of carboxylic acid groups (broad SMARTS) is 1. The van der Waals surface area contributed by atoms with Crippen LogP contribution in [0.5, 0.6) is 0 Å². The lowest BCUT2D eigenvalue weighted by Crippen LogP contribution is -2.28. The summed E-state index contributed by atoms with van der Waals surface area (Å²) < 4.78 is 1.47. The fourth-order valence-electron chi connectivity index (χ4n) is 2.53. The lowest BCUT2D eigenvalue weighted by molar-refractivity contribution is 0.194. The number of hydrogen-bond donors (Lipinski definition) is 2. The largest absolute Gasteiger partial charge is 0.465 e. The summed E-state index contributed by atoms with van der Waals surface area (Å²) in [4.78, 5) is 28.1. The van der Waals surface area contributed by atoms with Crippen LogP contribution in [0.25, 0.3) is 16.6 Å². The number of benzene rings is 2. The van der Waals surface area contributed by atoms with Crippen LogP contribution < -0.4 is 10.9 Å². The smallest absolute Gasteiger partial charge is 0.404 e. The van der Waals surface area contributed by atoms with Crippen LogP contribution in [-0.2, 0) is 6.42 Å². The van der Waals surface area contributed by atoms with Gasteiger partial charge in [-0.3, -0.25) is 9.36 Å². The van der Waals surface area contributed by atoms with Crippen molar-refractivity contribution in [3.05, 3.63) is 69.7 Å². The molecule has 3 aromatic rings. The van der Waals surface area contributed by atoms with Crippen LogP contribution in [0.2, 0.25) is 5.02 Å². The van der Waals surface area contributed by atoms with E-state index in [1.54, 1.807) is 30.3 Å². The van der Waals surface area contributed by atoms with E-state index in [2.05, 4.69) is 10.3 Å². The van der Waals surface area contributed by atoms with Gasteiger partial charge in [0.1, 0.15) is 5.82 Å². The first kappa shape index (κ1) is 16.0. The van der Waals surface area contributed by atoms with Crippen LogP contribution in [0, 0.1) is 0 Å². The quantitative estimate of drug-likeness (QED) is 0.763. The molecule has 0 radical (unpaired) electrons. The predicted octanol–water partition coefficient (Wildman–Crippen LogP) is 2.85. The van der Waals surface area contributed by atoms with Crippen LogP contribution in [0.15, 0.2) is 53.3 Å². The Labute approximate surface area is 142 Å². The Morgan fingerprint density at radius 1 is 1.17 bits per heavy atom. The van der Waals surface area contributed by atoms with Crippen molar-refractivity contribution >= 4 is 28.6 Å². The van der Waals surface area contributed by atoms with E-state index in [1.165, 1.54) is 4.57 Å². The molecule has 1 amide bonds. The second kappa shape index (κ2) is 6.72. The summed E-state index contributed by atoms with van der Waals surface area (Å²) >= 11 is 6.18. The standard InChI is InChI=1S/C17H14ClN3O3/c18-12-7-4-8-13-15(12)16(22)21(11-5-2-1-3-6-11)14(20-13)9-10-19-17(23)24/h1-8,19H,9-10H2,(H,23,24). The summed E-state index contributed by atoms with van der Waals surface area (Å²) in [6, 6.07) is 14.2. The second-order valence-corrected chi connectivity index (χ2v) is 5.53. The van der Waals surface area contributed by atoms with E-state index in [1.807, 2.05) is 18.2 Å².